The fourth-order valence-corrected chi connectivity index (χ4v) is 4.57. The van der Waals surface area contributed by atoms with Crippen molar-refractivity contribution in [3.8, 4) is 0 Å². The zero-order valence-electron chi connectivity index (χ0n) is 16.7. The van der Waals surface area contributed by atoms with Crippen molar-refractivity contribution in [3.63, 3.8) is 0 Å². The van der Waals surface area contributed by atoms with Crippen LogP contribution in [-0.2, 0) is 29.2 Å². The van der Waals surface area contributed by atoms with E-state index < -0.39 is 23.5 Å². The van der Waals surface area contributed by atoms with Crippen molar-refractivity contribution >= 4 is 15.7 Å². The lowest BCUT2D eigenvalue weighted by molar-refractivity contribution is -0.114. The minimum atomic E-state index is -0.766. The first-order valence-electron chi connectivity index (χ1n) is 10.3. The van der Waals surface area contributed by atoms with Gasteiger partial charge >= 0.3 is 0 Å². The molecule has 29 heavy (non-hydrogen) atoms. The first-order chi connectivity index (χ1) is 13.8. The Labute approximate surface area is 174 Å². The molecule has 1 aliphatic heterocycles. The second-order valence-corrected chi connectivity index (χ2v) is 8.44. The monoisotopic (exact) mass is 390 g/mol. The maximum Gasteiger partial charge on any atom is 0.129 e. The minimum Gasteiger partial charge on any atom is -0.394 e. The van der Waals surface area contributed by atoms with E-state index in [-0.39, 0.29) is 12.4 Å². The molecule has 0 spiro atoms. The van der Waals surface area contributed by atoms with Crippen LogP contribution in [0.4, 0.5) is 4.39 Å². The molecule has 4 radical (unpaired) electrons. The number of hydrogen-bond donors (Lipinski definition) is 2. The summed E-state index contributed by atoms with van der Waals surface area (Å²) in [7, 11) is 12.2. The SMILES string of the molecule is [B]C1([B])Cc2ccc(Cc3cc(C4CC(O)CC(CO)O4)c(F)cc3CC)cc21. The van der Waals surface area contributed by atoms with E-state index in [1.807, 2.05) is 19.1 Å². The predicted octanol–water partition coefficient (Wildman–Crippen LogP) is 2.60. The van der Waals surface area contributed by atoms with Gasteiger partial charge < -0.3 is 14.9 Å². The van der Waals surface area contributed by atoms with Gasteiger partial charge in [-0.3, -0.25) is 0 Å². The number of hydrogen-bond acceptors (Lipinski definition) is 3. The Morgan fingerprint density at radius 1 is 1.17 bits per heavy atom. The van der Waals surface area contributed by atoms with Gasteiger partial charge in [-0.05, 0) is 53.6 Å². The van der Waals surface area contributed by atoms with Crippen LogP contribution in [0.1, 0.15) is 59.3 Å². The molecule has 3 nitrogen and oxygen atoms in total. The van der Waals surface area contributed by atoms with Gasteiger partial charge in [0.15, 0.2) is 0 Å². The number of aryl methyl sites for hydroxylation is 1. The summed E-state index contributed by atoms with van der Waals surface area (Å²) in [4.78, 5) is 0. The lowest BCUT2D eigenvalue weighted by Gasteiger charge is -2.39. The Morgan fingerprint density at radius 2 is 1.97 bits per heavy atom. The number of aliphatic hydroxyl groups is 2. The van der Waals surface area contributed by atoms with Crippen molar-refractivity contribution in [1.82, 2.24) is 0 Å². The van der Waals surface area contributed by atoms with Gasteiger partial charge in [-0.15, -0.1) is 0 Å². The molecule has 1 heterocycles. The third-order valence-corrected chi connectivity index (χ3v) is 6.18. The molecule has 4 rings (SSSR count). The Hall–Kier alpha value is -1.62. The van der Waals surface area contributed by atoms with Crippen LogP contribution >= 0.6 is 0 Å². The number of halogens is 1. The molecule has 6 heteroatoms. The van der Waals surface area contributed by atoms with Crippen LogP contribution in [0, 0.1) is 5.82 Å². The third kappa shape index (κ3) is 4.03. The summed E-state index contributed by atoms with van der Waals surface area (Å²) in [5, 5.41) is 18.8. The summed E-state index contributed by atoms with van der Waals surface area (Å²) in [5.41, 5.74) is 5.62. The lowest BCUT2D eigenvalue weighted by atomic mass is 9.42. The van der Waals surface area contributed by atoms with Crippen LogP contribution in [-0.4, -0.2) is 44.7 Å². The third-order valence-electron chi connectivity index (χ3n) is 6.18. The van der Waals surface area contributed by atoms with Crippen molar-refractivity contribution in [3.05, 3.63) is 69.5 Å². The molecule has 2 aliphatic rings. The molecule has 2 aromatic carbocycles. The number of ether oxygens (including phenoxy) is 1. The Balaban J connectivity index is 1.65. The van der Waals surface area contributed by atoms with Crippen molar-refractivity contribution in [2.75, 3.05) is 6.61 Å². The summed E-state index contributed by atoms with van der Waals surface area (Å²) in [6, 6.07) is 9.59. The summed E-state index contributed by atoms with van der Waals surface area (Å²) in [6.07, 6.45) is 1.04. The van der Waals surface area contributed by atoms with Gasteiger partial charge in [0.1, 0.15) is 5.82 Å². The predicted molar refractivity (Wildman–Crippen MR) is 112 cm³/mol. The average Bonchev–Trinajstić information content (AvgIpc) is 2.68. The second-order valence-electron chi connectivity index (χ2n) is 8.44. The maximum absolute atomic E-state index is 14.9. The van der Waals surface area contributed by atoms with Gasteiger partial charge in [0, 0.05) is 18.4 Å². The van der Waals surface area contributed by atoms with E-state index in [4.69, 9.17) is 20.4 Å². The molecule has 1 aliphatic carbocycles. The van der Waals surface area contributed by atoms with Crippen LogP contribution in [0.3, 0.4) is 0 Å². The van der Waals surface area contributed by atoms with Crippen molar-refractivity contribution < 1.29 is 19.3 Å². The van der Waals surface area contributed by atoms with Crippen LogP contribution in [0.15, 0.2) is 30.3 Å². The second kappa shape index (κ2) is 7.90. The molecular weight excluding hydrogens is 365 g/mol. The van der Waals surface area contributed by atoms with Gasteiger partial charge in [0.2, 0.25) is 0 Å². The highest BCUT2D eigenvalue weighted by molar-refractivity contribution is 6.41. The number of benzene rings is 2. The van der Waals surface area contributed by atoms with E-state index in [1.165, 1.54) is 5.56 Å². The van der Waals surface area contributed by atoms with Crippen LogP contribution in [0.2, 0.25) is 0 Å². The maximum atomic E-state index is 14.9. The van der Waals surface area contributed by atoms with E-state index in [0.29, 0.717) is 37.7 Å². The first-order valence-corrected chi connectivity index (χ1v) is 10.3. The summed E-state index contributed by atoms with van der Waals surface area (Å²) in [6.45, 7) is 1.81. The highest BCUT2D eigenvalue weighted by Gasteiger charge is 2.33. The molecule has 2 aromatic rings. The van der Waals surface area contributed by atoms with Gasteiger partial charge in [-0.25, -0.2) is 4.39 Å². The quantitative estimate of drug-likeness (QED) is 0.772. The van der Waals surface area contributed by atoms with Crippen molar-refractivity contribution in [2.45, 2.75) is 62.6 Å². The molecule has 0 bridgehead atoms. The Morgan fingerprint density at radius 3 is 2.66 bits per heavy atom. The normalized spacial score (nSPS) is 25.3. The number of fused-ring (bicyclic) bond motifs is 1. The molecule has 2 N–H and O–H groups in total. The fourth-order valence-electron chi connectivity index (χ4n) is 4.57. The summed E-state index contributed by atoms with van der Waals surface area (Å²) in [5.74, 6) is -0.332. The molecule has 1 fully saturated rings. The minimum absolute atomic E-state index is 0.190. The molecule has 0 amide bonds. The fraction of sp³-hybridized carbons (Fsp3) is 0.478. The topological polar surface area (TPSA) is 49.7 Å². The largest absolute Gasteiger partial charge is 0.394 e. The molecule has 3 atom stereocenters. The van der Waals surface area contributed by atoms with Gasteiger partial charge in [0.25, 0.3) is 0 Å². The molecule has 3 unspecified atom stereocenters. The van der Waals surface area contributed by atoms with Crippen LogP contribution in [0.25, 0.3) is 0 Å². The number of aliphatic hydroxyl groups excluding tert-OH is 2. The van der Waals surface area contributed by atoms with Crippen molar-refractivity contribution in [1.29, 1.82) is 0 Å². The van der Waals surface area contributed by atoms with Gasteiger partial charge in [-0.2, -0.15) is 0 Å². The van der Waals surface area contributed by atoms with E-state index in [2.05, 4.69) is 12.1 Å². The summed E-state index contributed by atoms with van der Waals surface area (Å²) >= 11 is 0. The molecule has 148 valence electrons. The number of rotatable bonds is 5. The van der Waals surface area contributed by atoms with E-state index in [9.17, 15) is 14.6 Å². The van der Waals surface area contributed by atoms with Crippen LogP contribution in [0.5, 0.6) is 0 Å². The smallest absolute Gasteiger partial charge is 0.129 e. The lowest BCUT2D eigenvalue weighted by Crippen LogP contribution is -2.39. The van der Waals surface area contributed by atoms with Gasteiger partial charge in [-0.1, -0.05) is 35.9 Å². The highest BCUT2D eigenvalue weighted by Crippen LogP contribution is 2.38. The summed E-state index contributed by atoms with van der Waals surface area (Å²) < 4.78 is 20.7. The molecule has 0 saturated carbocycles. The van der Waals surface area contributed by atoms with E-state index in [0.717, 1.165) is 22.3 Å². The Bertz CT molecular complexity index is 915. The van der Waals surface area contributed by atoms with Crippen molar-refractivity contribution in [2.24, 2.45) is 0 Å². The highest BCUT2D eigenvalue weighted by atomic mass is 19.1. The van der Waals surface area contributed by atoms with E-state index >= 15 is 0 Å². The van der Waals surface area contributed by atoms with E-state index in [1.54, 1.807) is 6.07 Å². The first kappa shape index (κ1) is 20.6. The van der Waals surface area contributed by atoms with Gasteiger partial charge in [0.05, 0.1) is 40.6 Å². The Kier molecular flexibility index (Phi) is 5.62. The zero-order chi connectivity index (χ0) is 20.8. The molecule has 1 saturated heterocycles. The standard InChI is InChI=1S/C23H25B2FO3/c1-2-14-8-21(26)19(22-10-17(28)9-18(12-27)29-22)7-16(14)5-13-3-4-15-11-23(24,25)20(15)6-13/h3-4,6-8,17-18,22,27-28H,2,5,9-12H2,1H3. The average molecular weight is 390 g/mol. The molecule has 0 aromatic heterocycles. The zero-order valence-corrected chi connectivity index (χ0v) is 16.7. The molecular formula is C23H25B2FO3. The van der Waals surface area contributed by atoms with Crippen LogP contribution < -0.4 is 0 Å².